The first kappa shape index (κ1) is 25.9. The third-order valence-corrected chi connectivity index (χ3v) is 5.78. The van der Waals surface area contributed by atoms with E-state index in [-0.39, 0.29) is 11.5 Å². The molecular weight excluding hydrogens is 434 g/mol. The SMILES string of the molecule is CCCCCCC(=NO)C(=O)c1ccc(Sc2ccccc2)cc1.O=C(O)c1ccccc1. The van der Waals surface area contributed by atoms with Gasteiger partial charge in [0.1, 0.15) is 5.71 Å². The topological polar surface area (TPSA) is 87.0 Å². The van der Waals surface area contributed by atoms with Gasteiger partial charge in [-0.2, -0.15) is 0 Å². The third kappa shape index (κ3) is 9.33. The van der Waals surface area contributed by atoms with Crippen molar-refractivity contribution in [1.29, 1.82) is 0 Å². The van der Waals surface area contributed by atoms with Crippen LogP contribution in [0.3, 0.4) is 0 Å². The van der Waals surface area contributed by atoms with Gasteiger partial charge >= 0.3 is 5.97 Å². The minimum absolute atomic E-state index is 0.190. The van der Waals surface area contributed by atoms with Crippen LogP contribution in [0.15, 0.2) is 99.9 Å². The molecule has 0 saturated carbocycles. The van der Waals surface area contributed by atoms with Crippen LogP contribution < -0.4 is 0 Å². The van der Waals surface area contributed by atoms with Crippen LogP contribution in [0.2, 0.25) is 0 Å². The van der Waals surface area contributed by atoms with Gasteiger partial charge in [-0.3, -0.25) is 4.79 Å². The molecule has 6 heteroatoms. The first-order valence-electron chi connectivity index (χ1n) is 10.9. The zero-order valence-electron chi connectivity index (χ0n) is 18.7. The number of carbonyl (C=O) groups is 2. The van der Waals surface area contributed by atoms with Crippen molar-refractivity contribution in [2.45, 2.75) is 48.8 Å². The van der Waals surface area contributed by atoms with Crippen LogP contribution >= 0.6 is 11.8 Å². The maximum atomic E-state index is 12.4. The zero-order chi connectivity index (χ0) is 23.9. The molecule has 0 aliphatic rings. The van der Waals surface area contributed by atoms with Crippen LogP contribution in [0.5, 0.6) is 0 Å². The van der Waals surface area contributed by atoms with E-state index in [4.69, 9.17) is 10.3 Å². The third-order valence-electron chi connectivity index (χ3n) is 4.77. The monoisotopic (exact) mass is 463 g/mol. The fourth-order valence-corrected chi connectivity index (χ4v) is 3.81. The maximum Gasteiger partial charge on any atom is 0.335 e. The molecule has 0 unspecified atom stereocenters. The smallest absolute Gasteiger partial charge is 0.335 e. The molecule has 0 fully saturated rings. The normalized spacial score (nSPS) is 10.8. The van der Waals surface area contributed by atoms with Gasteiger partial charge in [0.25, 0.3) is 0 Å². The Bertz CT molecular complexity index is 1020. The number of carbonyl (C=O) groups excluding carboxylic acids is 1. The number of oxime groups is 1. The molecule has 0 bridgehead atoms. The van der Waals surface area contributed by atoms with E-state index in [0.717, 1.165) is 35.5 Å². The summed E-state index contributed by atoms with van der Waals surface area (Å²) in [5.41, 5.74) is 1.14. The second kappa shape index (κ2) is 14.6. The molecule has 0 atom stereocenters. The van der Waals surface area contributed by atoms with Gasteiger partial charge in [-0.05, 0) is 61.4 Å². The largest absolute Gasteiger partial charge is 0.478 e. The number of rotatable bonds is 10. The molecule has 33 heavy (non-hydrogen) atoms. The van der Waals surface area contributed by atoms with Gasteiger partial charge in [0.2, 0.25) is 5.78 Å². The molecule has 0 radical (unpaired) electrons. The van der Waals surface area contributed by atoms with E-state index in [1.54, 1.807) is 54.2 Å². The Kier molecular flexibility index (Phi) is 11.5. The number of hydrogen-bond donors (Lipinski definition) is 2. The lowest BCUT2D eigenvalue weighted by atomic mass is 10.0. The summed E-state index contributed by atoms with van der Waals surface area (Å²) in [6.07, 6.45) is 4.73. The molecule has 0 heterocycles. The molecule has 172 valence electrons. The summed E-state index contributed by atoms with van der Waals surface area (Å²) < 4.78 is 0. The molecule has 0 aliphatic carbocycles. The van der Waals surface area contributed by atoms with Gasteiger partial charge in [0, 0.05) is 15.4 Å². The van der Waals surface area contributed by atoms with Crippen molar-refractivity contribution in [2.75, 3.05) is 0 Å². The first-order valence-corrected chi connectivity index (χ1v) is 11.7. The molecule has 0 saturated heterocycles. The molecule has 0 aromatic heterocycles. The molecule has 3 aromatic carbocycles. The highest BCUT2D eigenvalue weighted by atomic mass is 32.2. The minimum atomic E-state index is -0.879. The lowest BCUT2D eigenvalue weighted by molar-refractivity contribution is 0.0696. The average Bonchev–Trinajstić information content (AvgIpc) is 2.86. The Balaban J connectivity index is 0.000000357. The van der Waals surface area contributed by atoms with Crippen molar-refractivity contribution in [3.05, 3.63) is 96.1 Å². The summed E-state index contributed by atoms with van der Waals surface area (Å²) in [6, 6.07) is 25.8. The molecular formula is C27H29NO4S. The van der Waals surface area contributed by atoms with E-state index >= 15 is 0 Å². The van der Waals surface area contributed by atoms with Crippen LogP contribution in [0, 0.1) is 0 Å². The summed E-state index contributed by atoms with van der Waals surface area (Å²) in [5.74, 6) is -1.07. The quantitative estimate of drug-likeness (QED) is 0.109. The standard InChI is InChI=1S/C20H23NO2S.C7H6O2/c1-2-3-4-8-11-19(21-23)20(22)16-12-14-18(15-13-16)24-17-9-6-5-7-10-17;8-7(9)6-4-2-1-3-5-6/h5-7,9-10,12-15,23H,2-4,8,11H2,1H3;1-5H,(H,8,9). The van der Waals surface area contributed by atoms with E-state index in [2.05, 4.69) is 24.2 Å². The Hall–Kier alpha value is -3.38. The van der Waals surface area contributed by atoms with Crippen LogP contribution in [0.4, 0.5) is 0 Å². The number of unbranched alkanes of at least 4 members (excludes halogenated alkanes) is 3. The highest BCUT2D eigenvalue weighted by Crippen LogP contribution is 2.27. The van der Waals surface area contributed by atoms with Crippen molar-refractivity contribution in [2.24, 2.45) is 5.16 Å². The van der Waals surface area contributed by atoms with Gasteiger partial charge in [0.05, 0.1) is 5.56 Å². The lowest BCUT2D eigenvalue weighted by Gasteiger charge is -2.06. The van der Waals surface area contributed by atoms with Crippen molar-refractivity contribution in [3.63, 3.8) is 0 Å². The molecule has 0 amide bonds. The predicted octanol–water partition coefficient (Wildman–Crippen LogP) is 7.21. The van der Waals surface area contributed by atoms with E-state index in [1.165, 1.54) is 0 Å². The minimum Gasteiger partial charge on any atom is -0.478 e. The maximum absolute atomic E-state index is 12.4. The van der Waals surface area contributed by atoms with Gasteiger partial charge in [-0.1, -0.05) is 79.5 Å². The molecule has 0 spiro atoms. The number of carboxylic acid groups (broad SMARTS) is 1. The van der Waals surface area contributed by atoms with Gasteiger partial charge in [-0.15, -0.1) is 0 Å². The number of aromatic carboxylic acids is 1. The zero-order valence-corrected chi connectivity index (χ0v) is 19.5. The summed E-state index contributed by atoms with van der Waals surface area (Å²) >= 11 is 1.65. The number of carboxylic acids is 1. The summed E-state index contributed by atoms with van der Waals surface area (Å²) in [4.78, 5) is 24.8. The van der Waals surface area contributed by atoms with Crippen LogP contribution in [-0.4, -0.2) is 27.8 Å². The van der Waals surface area contributed by atoms with Crippen LogP contribution in [-0.2, 0) is 0 Å². The van der Waals surface area contributed by atoms with Crippen LogP contribution in [0.25, 0.3) is 0 Å². The number of nitrogens with zero attached hydrogens (tertiary/aromatic N) is 1. The van der Waals surface area contributed by atoms with Gasteiger partial charge in [-0.25, -0.2) is 4.79 Å². The number of Topliss-reactive ketones (excluding diaryl/α,β-unsaturated/α-hetero) is 1. The number of ketones is 1. The second-order valence-electron chi connectivity index (χ2n) is 7.30. The molecule has 3 aromatic rings. The summed E-state index contributed by atoms with van der Waals surface area (Å²) in [6.45, 7) is 2.14. The highest BCUT2D eigenvalue weighted by Gasteiger charge is 2.14. The van der Waals surface area contributed by atoms with Crippen molar-refractivity contribution in [1.82, 2.24) is 0 Å². The molecule has 3 rings (SSSR count). The summed E-state index contributed by atoms with van der Waals surface area (Å²) in [7, 11) is 0. The fourth-order valence-electron chi connectivity index (χ4n) is 2.97. The Morgan fingerprint density at radius 1 is 0.758 bits per heavy atom. The van der Waals surface area contributed by atoms with Crippen molar-refractivity contribution < 1.29 is 19.9 Å². The van der Waals surface area contributed by atoms with E-state index in [1.807, 2.05) is 30.3 Å². The summed E-state index contributed by atoms with van der Waals surface area (Å²) in [5, 5.41) is 20.7. The van der Waals surface area contributed by atoms with E-state index in [9.17, 15) is 9.59 Å². The van der Waals surface area contributed by atoms with Crippen LogP contribution in [0.1, 0.15) is 59.7 Å². The second-order valence-corrected chi connectivity index (χ2v) is 8.44. The fraction of sp³-hybridized carbons (Fsp3) is 0.222. The number of benzene rings is 3. The van der Waals surface area contributed by atoms with E-state index < -0.39 is 5.97 Å². The Labute approximate surface area is 199 Å². The molecule has 5 nitrogen and oxygen atoms in total. The Morgan fingerprint density at radius 2 is 1.33 bits per heavy atom. The molecule has 2 N–H and O–H groups in total. The Morgan fingerprint density at radius 3 is 1.85 bits per heavy atom. The average molecular weight is 464 g/mol. The van der Waals surface area contributed by atoms with Crippen molar-refractivity contribution >= 4 is 29.2 Å². The van der Waals surface area contributed by atoms with Gasteiger partial charge in [0.15, 0.2) is 0 Å². The predicted molar refractivity (Wildman–Crippen MR) is 133 cm³/mol. The van der Waals surface area contributed by atoms with Crippen molar-refractivity contribution in [3.8, 4) is 0 Å². The van der Waals surface area contributed by atoms with E-state index in [0.29, 0.717) is 17.5 Å². The highest BCUT2D eigenvalue weighted by molar-refractivity contribution is 7.99. The van der Waals surface area contributed by atoms with Gasteiger partial charge < -0.3 is 10.3 Å². The lowest BCUT2D eigenvalue weighted by Crippen LogP contribution is -2.14. The number of hydrogen-bond acceptors (Lipinski definition) is 5. The first-order chi connectivity index (χ1) is 16.0. The molecule has 0 aliphatic heterocycles.